The zero-order valence-corrected chi connectivity index (χ0v) is 15.4. The molecule has 1 aliphatic carbocycles. The smallest absolute Gasteiger partial charge is 0.335 e. The van der Waals surface area contributed by atoms with E-state index in [9.17, 15) is 22.8 Å². The first kappa shape index (κ1) is 19.9. The third kappa shape index (κ3) is 5.04. The highest BCUT2D eigenvalue weighted by Gasteiger charge is 2.25. The summed E-state index contributed by atoms with van der Waals surface area (Å²) in [4.78, 5) is 35.3. The van der Waals surface area contributed by atoms with Crippen LogP contribution < -0.4 is 10.6 Å². The van der Waals surface area contributed by atoms with Gasteiger partial charge < -0.3 is 15.7 Å². The first-order chi connectivity index (χ1) is 12.1. The molecule has 1 aliphatic rings. The first-order valence-electron chi connectivity index (χ1n) is 8.27. The highest BCUT2D eigenvalue weighted by molar-refractivity contribution is 7.90. The standard InChI is InChI=1S/C17H22N2O6S/c1-10(18-16(21)11-5-3-4-6-11)15(20)19-13-7-12(17(22)23)8-14(9-13)26(2,24)25/h7-11H,3-6H2,1-2H3,(H,18,21)(H,19,20)(H,22,23). The Morgan fingerprint density at radius 3 is 2.31 bits per heavy atom. The average molecular weight is 382 g/mol. The highest BCUT2D eigenvalue weighted by atomic mass is 32.2. The topological polar surface area (TPSA) is 130 Å². The third-order valence-electron chi connectivity index (χ3n) is 4.33. The molecule has 26 heavy (non-hydrogen) atoms. The Bertz CT molecular complexity index is 828. The number of hydrogen-bond acceptors (Lipinski definition) is 5. The van der Waals surface area contributed by atoms with Crippen LogP contribution in [0.15, 0.2) is 23.1 Å². The molecule has 1 unspecified atom stereocenters. The predicted octanol–water partition coefficient (Wildman–Crippen LogP) is 1.42. The summed E-state index contributed by atoms with van der Waals surface area (Å²) in [5.41, 5.74) is -0.219. The summed E-state index contributed by atoms with van der Waals surface area (Å²) < 4.78 is 23.4. The number of rotatable bonds is 6. The summed E-state index contributed by atoms with van der Waals surface area (Å²) in [5.74, 6) is -2.13. The maximum Gasteiger partial charge on any atom is 0.335 e. The molecule has 0 aromatic heterocycles. The second-order valence-corrected chi connectivity index (χ2v) is 8.54. The SMILES string of the molecule is CC(NC(=O)C1CCCC1)C(=O)Nc1cc(C(=O)O)cc(S(C)(=O)=O)c1. The lowest BCUT2D eigenvalue weighted by Crippen LogP contribution is -2.43. The number of amides is 2. The van der Waals surface area contributed by atoms with Gasteiger partial charge in [0.05, 0.1) is 10.5 Å². The van der Waals surface area contributed by atoms with Gasteiger partial charge in [0.15, 0.2) is 9.84 Å². The molecule has 0 spiro atoms. The van der Waals surface area contributed by atoms with E-state index >= 15 is 0 Å². The number of carboxylic acids is 1. The number of nitrogens with one attached hydrogen (secondary N) is 2. The minimum Gasteiger partial charge on any atom is -0.478 e. The van der Waals surface area contributed by atoms with Crippen LogP contribution in [0.4, 0.5) is 5.69 Å². The first-order valence-corrected chi connectivity index (χ1v) is 10.2. The summed E-state index contributed by atoms with van der Waals surface area (Å²) in [6.07, 6.45) is 4.55. The summed E-state index contributed by atoms with van der Waals surface area (Å²) in [6.45, 7) is 1.51. The summed E-state index contributed by atoms with van der Waals surface area (Å²) in [6, 6.07) is 2.54. The molecule has 1 aromatic rings. The van der Waals surface area contributed by atoms with Crippen molar-refractivity contribution in [2.24, 2.45) is 5.92 Å². The summed E-state index contributed by atoms with van der Waals surface area (Å²) >= 11 is 0. The fourth-order valence-corrected chi connectivity index (χ4v) is 3.53. The van der Waals surface area contributed by atoms with E-state index in [0.29, 0.717) is 0 Å². The second-order valence-electron chi connectivity index (χ2n) is 6.52. The molecule has 0 bridgehead atoms. The molecule has 2 amide bonds. The van der Waals surface area contributed by atoms with Crippen LogP contribution in [0.3, 0.4) is 0 Å². The predicted molar refractivity (Wildman–Crippen MR) is 94.7 cm³/mol. The van der Waals surface area contributed by atoms with Crippen LogP contribution in [0.2, 0.25) is 0 Å². The third-order valence-corrected chi connectivity index (χ3v) is 5.42. The van der Waals surface area contributed by atoms with E-state index in [0.717, 1.165) is 38.0 Å². The number of carbonyl (C=O) groups excluding carboxylic acids is 2. The number of benzene rings is 1. The molecule has 9 heteroatoms. The van der Waals surface area contributed by atoms with Gasteiger partial charge in [-0.15, -0.1) is 0 Å². The van der Waals surface area contributed by atoms with Crippen LogP contribution in [-0.4, -0.2) is 43.6 Å². The number of anilines is 1. The molecule has 0 heterocycles. The molecule has 1 aromatic carbocycles. The van der Waals surface area contributed by atoms with Gasteiger partial charge in [-0.05, 0) is 38.0 Å². The van der Waals surface area contributed by atoms with Crippen LogP contribution in [0.1, 0.15) is 43.0 Å². The van der Waals surface area contributed by atoms with Gasteiger partial charge in [-0.1, -0.05) is 12.8 Å². The van der Waals surface area contributed by atoms with Crippen LogP contribution in [-0.2, 0) is 19.4 Å². The molecule has 8 nitrogen and oxygen atoms in total. The van der Waals surface area contributed by atoms with Gasteiger partial charge in [-0.2, -0.15) is 0 Å². The van der Waals surface area contributed by atoms with Crippen LogP contribution >= 0.6 is 0 Å². The van der Waals surface area contributed by atoms with Crippen LogP contribution in [0.25, 0.3) is 0 Å². The molecule has 0 saturated heterocycles. The lowest BCUT2D eigenvalue weighted by atomic mass is 10.1. The van der Waals surface area contributed by atoms with E-state index in [1.165, 1.54) is 19.1 Å². The average Bonchev–Trinajstić information content (AvgIpc) is 3.08. The van der Waals surface area contributed by atoms with Gasteiger partial charge in [0.1, 0.15) is 6.04 Å². The van der Waals surface area contributed by atoms with E-state index in [4.69, 9.17) is 5.11 Å². The summed E-state index contributed by atoms with van der Waals surface area (Å²) in [5, 5.41) is 14.2. The molecule has 3 N–H and O–H groups in total. The minimum atomic E-state index is -3.65. The summed E-state index contributed by atoms with van der Waals surface area (Å²) in [7, 11) is -3.65. The van der Waals surface area contributed by atoms with Crippen LogP contribution in [0.5, 0.6) is 0 Å². The lowest BCUT2D eigenvalue weighted by molar-refractivity contribution is -0.128. The molecule has 0 aliphatic heterocycles. The molecule has 142 valence electrons. The largest absolute Gasteiger partial charge is 0.478 e. The maximum absolute atomic E-state index is 12.3. The number of carbonyl (C=O) groups is 3. The van der Waals surface area contributed by atoms with Crippen molar-refractivity contribution in [3.05, 3.63) is 23.8 Å². The van der Waals surface area contributed by atoms with E-state index in [2.05, 4.69) is 10.6 Å². The fourth-order valence-electron chi connectivity index (χ4n) is 2.84. The van der Waals surface area contributed by atoms with E-state index in [1.54, 1.807) is 0 Å². The number of carboxylic acid groups (broad SMARTS) is 1. The minimum absolute atomic E-state index is 0.0392. The van der Waals surface area contributed by atoms with Crippen molar-refractivity contribution >= 4 is 33.3 Å². The van der Waals surface area contributed by atoms with Crippen molar-refractivity contribution < 1.29 is 27.9 Å². The van der Waals surface area contributed by atoms with E-state index in [1.807, 2.05) is 0 Å². The number of sulfone groups is 1. The maximum atomic E-state index is 12.3. The van der Waals surface area contributed by atoms with Crippen LogP contribution in [0, 0.1) is 5.92 Å². The Hall–Kier alpha value is -2.42. The Morgan fingerprint density at radius 2 is 1.77 bits per heavy atom. The van der Waals surface area contributed by atoms with E-state index < -0.39 is 27.8 Å². The van der Waals surface area contributed by atoms with E-state index in [-0.39, 0.29) is 28.0 Å². The molecule has 0 radical (unpaired) electrons. The van der Waals surface area contributed by atoms with Gasteiger partial charge >= 0.3 is 5.97 Å². The van der Waals surface area contributed by atoms with Gasteiger partial charge in [-0.3, -0.25) is 9.59 Å². The Labute approximate surface area is 151 Å². The van der Waals surface area contributed by atoms with Crippen molar-refractivity contribution in [2.45, 2.75) is 43.5 Å². The molecule has 1 atom stereocenters. The zero-order valence-electron chi connectivity index (χ0n) is 14.6. The Morgan fingerprint density at radius 1 is 1.15 bits per heavy atom. The normalized spacial score (nSPS) is 16.1. The van der Waals surface area contributed by atoms with Gasteiger partial charge in [0, 0.05) is 17.9 Å². The Balaban J connectivity index is 2.13. The second kappa shape index (κ2) is 7.86. The van der Waals surface area contributed by atoms with Crippen molar-refractivity contribution in [1.29, 1.82) is 0 Å². The molecule has 1 saturated carbocycles. The monoisotopic (exact) mass is 382 g/mol. The van der Waals surface area contributed by atoms with Gasteiger partial charge in [0.25, 0.3) is 0 Å². The fraction of sp³-hybridized carbons (Fsp3) is 0.471. The lowest BCUT2D eigenvalue weighted by Gasteiger charge is -2.17. The Kier molecular flexibility index (Phi) is 6.01. The molecular weight excluding hydrogens is 360 g/mol. The highest BCUT2D eigenvalue weighted by Crippen LogP contribution is 2.25. The number of aromatic carboxylic acids is 1. The molecule has 2 rings (SSSR count). The molecular formula is C17H22N2O6S. The number of hydrogen-bond donors (Lipinski definition) is 3. The zero-order chi connectivity index (χ0) is 19.5. The molecule has 1 fully saturated rings. The van der Waals surface area contributed by atoms with Gasteiger partial charge in [0.2, 0.25) is 11.8 Å². The van der Waals surface area contributed by atoms with Crippen molar-refractivity contribution in [2.75, 3.05) is 11.6 Å². The van der Waals surface area contributed by atoms with Crippen molar-refractivity contribution in [3.8, 4) is 0 Å². The van der Waals surface area contributed by atoms with Gasteiger partial charge in [-0.25, -0.2) is 13.2 Å². The quantitative estimate of drug-likeness (QED) is 0.682. The van der Waals surface area contributed by atoms with Crippen molar-refractivity contribution in [3.63, 3.8) is 0 Å². The van der Waals surface area contributed by atoms with Crippen molar-refractivity contribution in [1.82, 2.24) is 5.32 Å².